The van der Waals surface area contributed by atoms with E-state index >= 15 is 0 Å². The number of carboxylic acid groups (broad SMARTS) is 1. The Hall–Kier alpha value is -1.93. The lowest BCUT2D eigenvalue weighted by atomic mass is 10.1. The lowest BCUT2D eigenvalue weighted by Gasteiger charge is -2.13. The van der Waals surface area contributed by atoms with Crippen LogP contribution in [0.25, 0.3) is 0 Å². The molecule has 0 aromatic carbocycles. The summed E-state index contributed by atoms with van der Waals surface area (Å²) in [6, 6.07) is 0. The Morgan fingerprint density at radius 1 is 1.33 bits per heavy atom. The third-order valence-electron chi connectivity index (χ3n) is 2.80. The lowest BCUT2D eigenvalue weighted by Crippen LogP contribution is -2.23. The summed E-state index contributed by atoms with van der Waals surface area (Å²) in [5, 5.41) is 17.0. The van der Waals surface area contributed by atoms with Crippen molar-refractivity contribution in [2.24, 2.45) is 0 Å². The fourth-order valence-corrected chi connectivity index (χ4v) is 1.83. The van der Waals surface area contributed by atoms with E-state index in [0.29, 0.717) is 12.5 Å². The first-order chi connectivity index (χ1) is 9.92. The molecule has 118 valence electrons. The van der Waals surface area contributed by atoms with Gasteiger partial charge >= 0.3 is 17.9 Å². The molecule has 1 aliphatic rings. The molecule has 2 N–H and O–H groups in total. The topological polar surface area (TPSA) is 119 Å². The van der Waals surface area contributed by atoms with Crippen LogP contribution in [0.3, 0.4) is 0 Å². The highest BCUT2D eigenvalue weighted by atomic mass is 16.6. The van der Waals surface area contributed by atoms with Gasteiger partial charge < -0.3 is 24.4 Å². The Balaban J connectivity index is 2.37. The van der Waals surface area contributed by atoms with E-state index in [9.17, 15) is 14.4 Å². The zero-order chi connectivity index (χ0) is 15.8. The van der Waals surface area contributed by atoms with Crippen LogP contribution >= 0.6 is 0 Å². The average molecular weight is 302 g/mol. The van der Waals surface area contributed by atoms with Crippen molar-refractivity contribution in [1.29, 1.82) is 0 Å². The number of aliphatic hydroxyl groups is 1. The average Bonchev–Trinajstić information content (AvgIpc) is 2.75. The van der Waals surface area contributed by atoms with Gasteiger partial charge in [0.25, 0.3) is 0 Å². The van der Waals surface area contributed by atoms with Gasteiger partial charge in [-0.1, -0.05) is 0 Å². The fourth-order valence-electron chi connectivity index (χ4n) is 1.83. The summed E-state index contributed by atoms with van der Waals surface area (Å²) < 4.78 is 15.4. The molecule has 3 atom stereocenters. The maximum absolute atomic E-state index is 11.4. The van der Waals surface area contributed by atoms with Crippen molar-refractivity contribution in [2.75, 3.05) is 13.2 Å². The largest absolute Gasteiger partial charge is 0.478 e. The Bertz CT molecular complexity index is 416. The molecule has 0 aromatic heterocycles. The smallest absolute Gasteiger partial charge is 0.331 e. The zero-order valence-electron chi connectivity index (χ0n) is 11.6. The van der Waals surface area contributed by atoms with E-state index in [1.807, 2.05) is 0 Å². The summed E-state index contributed by atoms with van der Waals surface area (Å²) in [5.41, 5.74) is 0. The van der Waals surface area contributed by atoms with Gasteiger partial charge in [-0.2, -0.15) is 0 Å². The summed E-state index contributed by atoms with van der Waals surface area (Å²) in [6.45, 7) is 1.44. The lowest BCUT2D eigenvalue weighted by molar-refractivity contribution is -0.148. The molecule has 8 heteroatoms. The Labute approximate surface area is 121 Å². The van der Waals surface area contributed by atoms with Crippen LogP contribution in [0, 0.1) is 0 Å². The van der Waals surface area contributed by atoms with Crippen LogP contribution in [-0.2, 0) is 28.6 Å². The number of carbonyl (C=O) groups excluding carboxylic acids is 2. The molecule has 0 aliphatic carbocycles. The van der Waals surface area contributed by atoms with Crippen molar-refractivity contribution >= 4 is 17.9 Å². The Morgan fingerprint density at radius 2 is 2.05 bits per heavy atom. The van der Waals surface area contributed by atoms with E-state index in [2.05, 4.69) is 0 Å². The number of aliphatic carboxylic acids is 1. The number of hydrogen-bond acceptors (Lipinski definition) is 7. The van der Waals surface area contributed by atoms with Crippen molar-refractivity contribution in [2.45, 2.75) is 38.1 Å². The Morgan fingerprint density at radius 3 is 2.67 bits per heavy atom. The second-order valence-corrected chi connectivity index (χ2v) is 4.50. The maximum Gasteiger partial charge on any atom is 0.331 e. The molecule has 21 heavy (non-hydrogen) atoms. The highest BCUT2D eigenvalue weighted by molar-refractivity contribution is 5.90. The third-order valence-corrected chi connectivity index (χ3v) is 2.80. The van der Waals surface area contributed by atoms with Gasteiger partial charge in [0.2, 0.25) is 0 Å². The van der Waals surface area contributed by atoms with Crippen molar-refractivity contribution < 1.29 is 38.8 Å². The molecule has 0 amide bonds. The van der Waals surface area contributed by atoms with Gasteiger partial charge in [-0.05, 0) is 6.92 Å². The second-order valence-electron chi connectivity index (χ2n) is 4.50. The van der Waals surface area contributed by atoms with Gasteiger partial charge in [0.15, 0.2) is 0 Å². The normalized spacial score (nSPS) is 25.0. The molecule has 1 saturated heterocycles. The fraction of sp³-hybridized carbons (Fsp3) is 0.615. The number of rotatable bonds is 7. The molecule has 0 radical (unpaired) electrons. The SMILES string of the molecule is C[C@@H]1O[C@H](COC(=O)CCO)C[C@H]1OC(=O)/C=C\C(=O)O. The number of hydrogen-bond donors (Lipinski definition) is 2. The molecule has 1 rings (SSSR count). The van der Waals surface area contributed by atoms with Gasteiger partial charge in [0.05, 0.1) is 25.2 Å². The molecule has 1 aliphatic heterocycles. The molecular formula is C13H18O8. The third kappa shape index (κ3) is 6.37. The highest BCUT2D eigenvalue weighted by Gasteiger charge is 2.35. The van der Waals surface area contributed by atoms with Crippen LogP contribution in [0.15, 0.2) is 12.2 Å². The van der Waals surface area contributed by atoms with E-state index in [1.165, 1.54) is 0 Å². The summed E-state index contributed by atoms with van der Waals surface area (Å²) in [6.07, 6.45) is 0.469. The van der Waals surface area contributed by atoms with Gasteiger partial charge in [-0.3, -0.25) is 4.79 Å². The van der Waals surface area contributed by atoms with Gasteiger partial charge in [0.1, 0.15) is 12.7 Å². The molecule has 0 saturated carbocycles. The number of carboxylic acids is 1. The van der Waals surface area contributed by atoms with Crippen molar-refractivity contribution in [3.63, 3.8) is 0 Å². The van der Waals surface area contributed by atoms with E-state index in [-0.39, 0.29) is 25.7 Å². The number of carbonyl (C=O) groups is 3. The Kier molecular flexibility index (Phi) is 6.83. The first kappa shape index (κ1) is 17.1. The van der Waals surface area contributed by atoms with Crippen LogP contribution in [0.1, 0.15) is 19.8 Å². The minimum absolute atomic E-state index is 0.0161. The molecule has 0 aromatic rings. The van der Waals surface area contributed by atoms with Crippen LogP contribution in [0.5, 0.6) is 0 Å². The molecular weight excluding hydrogens is 284 g/mol. The monoisotopic (exact) mass is 302 g/mol. The molecule has 0 spiro atoms. The predicted octanol–water partition coefficient (Wildman–Crippen LogP) is -0.358. The minimum atomic E-state index is -1.24. The standard InChI is InChI=1S/C13H18O8/c1-8-10(21-13(18)3-2-11(15)16)6-9(20-8)7-19-12(17)4-5-14/h2-3,8-10,14H,4-7H2,1H3,(H,15,16)/b3-2-/t8-,9-,10+/m0/s1. The number of ether oxygens (including phenoxy) is 3. The van der Waals surface area contributed by atoms with Gasteiger partial charge in [-0.25, -0.2) is 9.59 Å². The zero-order valence-corrected chi connectivity index (χ0v) is 11.6. The van der Waals surface area contributed by atoms with E-state index in [0.717, 1.165) is 6.08 Å². The minimum Gasteiger partial charge on any atom is -0.478 e. The first-order valence-corrected chi connectivity index (χ1v) is 6.46. The summed E-state index contributed by atoms with van der Waals surface area (Å²) in [4.78, 5) is 32.7. The molecule has 8 nitrogen and oxygen atoms in total. The van der Waals surface area contributed by atoms with E-state index < -0.39 is 30.1 Å². The molecule has 1 heterocycles. The quantitative estimate of drug-likeness (QED) is 0.483. The van der Waals surface area contributed by atoms with E-state index in [1.54, 1.807) is 6.92 Å². The van der Waals surface area contributed by atoms with Gasteiger partial charge in [-0.15, -0.1) is 0 Å². The summed E-state index contributed by atoms with van der Waals surface area (Å²) in [5.74, 6) is -2.54. The second kappa shape index (κ2) is 8.38. The van der Waals surface area contributed by atoms with Crippen molar-refractivity contribution in [1.82, 2.24) is 0 Å². The van der Waals surface area contributed by atoms with Crippen molar-refractivity contribution in [3.05, 3.63) is 12.2 Å². The van der Waals surface area contributed by atoms with Crippen LogP contribution in [0.2, 0.25) is 0 Å². The molecule has 0 bridgehead atoms. The van der Waals surface area contributed by atoms with Crippen LogP contribution in [-0.4, -0.2) is 59.6 Å². The van der Waals surface area contributed by atoms with Crippen LogP contribution in [0.4, 0.5) is 0 Å². The number of esters is 2. The predicted molar refractivity (Wildman–Crippen MR) is 68.3 cm³/mol. The maximum atomic E-state index is 11.4. The molecule has 1 fully saturated rings. The van der Waals surface area contributed by atoms with Crippen LogP contribution < -0.4 is 0 Å². The summed E-state index contributed by atoms with van der Waals surface area (Å²) in [7, 11) is 0. The highest BCUT2D eigenvalue weighted by Crippen LogP contribution is 2.23. The van der Waals surface area contributed by atoms with Gasteiger partial charge in [0, 0.05) is 18.6 Å². The molecule has 0 unspecified atom stereocenters. The first-order valence-electron chi connectivity index (χ1n) is 6.46. The van der Waals surface area contributed by atoms with Crippen molar-refractivity contribution in [3.8, 4) is 0 Å². The summed E-state index contributed by atoms with van der Waals surface area (Å²) >= 11 is 0. The van der Waals surface area contributed by atoms with E-state index in [4.69, 9.17) is 24.4 Å². The number of aliphatic hydroxyl groups excluding tert-OH is 1.